The van der Waals surface area contributed by atoms with E-state index in [2.05, 4.69) is 17.4 Å². The second kappa shape index (κ2) is 8.79. The smallest absolute Gasteiger partial charge is 0.252 e. The molecule has 0 unspecified atom stereocenters. The van der Waals surface area contributed by atoms with Crippen LogP contribution in [-0.2, 0) is 21.2 Å². The summed E-state index contributed by atoms with van der Waals surface area (Å²) in [7, 11) is -3.47. The van der Waals surface area contributed by atoms with Crippen LogP contribution in [0.15, 0.2) is 52.1 Å². The van der Waals surface area contributed by atoms with Crippen LogP contribution in [0, 0.1) is 5.92 Å². The summed E-state index contributed by atoms with van der Waals surface area (Å²) in [5.41, 5.74) is 1.26. The van der Waals surface area contributed by atoms with Crippen molar-refractivity contribution in [1.29, 1.82) is 0 Å². The third-order valence-corrected chi connectivity index (χ3v) is 7.87. The van der Waals surface area contributed by atoms with E-state index in [1.165, 1.54) is 21.2 Å². The molecular formula is C19H24N2O3S2. The fourth-order valence-corrected chi connectivity index (χ4v) is 5.87. The molecule has 0 aliphatic carbocycles. The van der Waals surface area contributed by atoms with E-state index in [0.29, 0.717) is 23.7 Å². The van der Waals surface area contributed by atoms with Gasteiger partial charge in [0.1, 0.15) is 4.21 Å². The van der Waals surface area contributed by atoms with Gasteiger partial charge in [-0.05, 0) is 42.7 Å². The minimum atomic E-state index is -3.47. The fourth-order valence-electron chi connectivity index (χ4n) is 3.21. The molecule has 1 aromatic carbocycles. The maximum Gasteiger partial charge on any atom is 0.252 e. The molecule has 1 fully saturated rings. The second-order valence-corrected chi connectivity index (χ2v) is 9.63. The van der Waals surface area contributed by atoms with E-state index in [0.717, 1.165) is 19.3 Å². The largest absolute Gasteiger partial charge is 0.356 e. The predicted molar refractivity (Wildman–Crippen MR) is 104 cm³/mol. The third kappa shape index (κ3) is 4.72. The van der Waals surface area contributed by atoms with Crippen LogP contribution < -0.4 is 5.32 Å². The van der Waals surface area contributed by atoms with E-state index in [1.807, 2.05) is 18.2 Å². The fraction of sp³-hybridized carbons (Fsp3) is 0.421. The first-order valence-corrected chi connectivity index (χ1v) is 11.2. The van der Waals surface area contributed by atoms with Crippen molar-refractivity contribution in [3.8, 4) is 0 Å². The highest BCUT2D eigenvalue weighted by Crippen LogP contribution is 2.26. The molecule has 1 N–H and O–H groups in total. The molecule has 1 atom stereocenters. The summed E-state index contributed by atoms with van der Waals surface area (Å²) < 4.78 is 27.1. The van der Waals surface area contributed by atoms with E-state index in [4.69, 9.17) is 0 Å². The molecule has 26 heavy (non-hydrogen) atoms. The number of nitrogens with zero attached hydrogens (tertiary/aromatic N) is 1. The van der Waals surface area contributed by atoms with Crippen LogP contribution in [0.2, 0.25) is 0 Å². The Morgan fingerprint density at radius 3 is 2.73 bits per heavy atom. The maximum absolute atomic E-state index is 12.6. The lowest BCUT2D eigenvalue weighted by molar-refractivity contribution is -0.126. The molecule has 0 bridgehead atoms. The molecule has 2 aromatic rings. The van der Waals surface area contributed by atoms with E-state index in [9.17, 15) is 13.2 Å². The average molecular weight is 393 g/mol. The van der Waals surface area contributed by atoms with Gasteiger partial charge in [-0.3, -0.25) is 4.79 Å². The first kappa shape index (κ1) is 19.1. The van der Waals surface area contributed by atoms with Gasteiger partial charge in [0.2, 0.25) is 5.91 Å². The van der Waals surface area contributed by atoms with Crippen molar-refractivity contribution in [2.45, 2.75) is 29.9 Å². The molecule has 1 aromatic heterocycles. The Bertz CT molecular complexity index is 805. The Kier molecular flexibility index (Phi) is 6.45. The van der Waals surface area contributed by atoms with Crippen molar-refractivity contribution >= 4 is 27.3 Å². The van der Waals surface area contributed by atoms with Crippen molar-refractivity contribution < 1.29 is 13.2 Å². The van der Waals surface area contributed by atoms with Crippen LogP contribution in [0.25, 0.3) is 0 Å². The Morgan fingerprint density at radius 2 is 2.00 bits per heavy atom. The number of sulfonamides is 1. The highest BCUT2D eigenvalue weighted by Gasteiger charge is 2.33. The van der Waals surface area contributed by atoms with E-state index < -0.39 is 10.0 Å². The molecule has 0 radical (unpaired) electrons. The highest BCUT2D eigenvalue weighted by atomic mass is 32.2. The molecule has 0 saturated carbocycles. The normalized spacial score (nSPS) is 18.5. The number of aryl methyl sites for hydroxylation is 1. The molecule has 2 heterocycles. The molecule has 140 valence electrons. The summed E-state index contributed by atoms with van der Waals surface area (Å²) in [5.74, 6) is -0.306. The van der Waals surface area contributed by atoms with Crippen LogP contribution in [-0.4, -0.2) is 38.3 Å². The molecular weight excluding hydrogens is 368 g/mol. The van der Waals surface area contributed by atoms with Gasteiger partial charge in [0.05, 0.1) is 5.92 Å². The lowest BCUT2D eigenvalue weighted by atomic mass is 9.99. The lowest BCUT2D eigenvalue weighted by Gasteiger charge is -2.30. The number of nitrogens with one attached hydrogen (secondary N) is 1. The average Bonchev–Trinajstić information content (AvgIpc) is 3.22. The quantitative estimate of drug-likeness (QED) is 0.737. The summed E-state index contributed by atoms with van der Waals surface area (Å²) in [6.45, 7) is 1.37. The Balaban J connectivity index is 1.49. The molecule has 1 saturated heterocycles. The van der Waals surface area contributed by atoms with Gasteiger partial charge < -0.3 is 5.32 Å². The van der Waals surface area contributed by atoms with Gasteiger partial charge in [-0.25, -0.2) is 8.42 Å². The van der Waals surface area contributed by atoms with Crippen molar-refractivity contribution in [2.75, 3.05) is 19.6 Å². The van der Waals surface area contributed by atoms with E-state index >= 15 is 0 Å². The number of hydrogen-bond acceptors (Lipinski definition) is 4. The number of carbonyl (C=O) groups excluding carboxylic acids is 1. The summed E-state index contributed by atoms with van der Waals surface area (Å²) in [4.78, 5) is 12.4. The van der Waals surface area contributed by atoms with Gasteiger partial charge in [-0.2, -0.15) is 4.31 Å². The Morgan fingerprint density at radius 1 is 1.19 bits per heavy atom. The monoisotopic (exact) mass is 392 g/mol. The lowest BCUT2D eigenvalue weighted by Crippen LogP contribution is -2.45. The molecule has 1 amide bonds. The maximum atomic E-state index is 12.6. The van der Waals surface area contributed by atoms with Crippen LogP contribution in [0.3, 0.4) is 0 Å². The van der Waals surface area contributed by atoms with E-state index in [-0.39, 0.29) is 18.4 Å². The first-order chi connectivity index (χ1) is 12.6. The van der Waals surface area contributed by atoms with E-state index in [1.54, 1.807) is 17.5 Å². The second-order valence-electron chi connectivity index (χ2n) is 6.51. The number of amides is 1. The molecule has 3 rings (SSSR count). The number of hydrogen-bond donors (Lipinski definition) is 1. The van der Waals surface area contributed by atoms with Crippen molar-refractivity contribution in [1.82, 2.24) is 9.62 Å². The predicted octanol–water partition coefficient (Wildman–Crippen LogP) is 2.90. The SMILES string of the molecule is O=C(NCCCc1ccccc1)[C@@H]1CCCN(S(=O)(=O)c2cccs2)C1. The standard InChI is InChI=1S/C19H24N2O3S2/c22-19(20-12-4-9-16-7-2-1-3-8-16)17-10-5-13-21(15-17)26(23,24)18-11-6-14-25-18/h1-3,6-8,11,14,17H,4-5,9-10,12-13,15H2,(H,20,22)/t17-/m1/s1. The number of benzene rings is 1. The van der Waals surface area contributed by atoms with Gasteiger partial charge in [0, 0.05) is 19.6 Å². The topological polar surface area (TPSA) is 66.5 Å². The van der Waals surface area contributed by atoms with Crippen molar-refractivity contribution in [3.63, 3.8) is 0 Å². The van der Waals surface area contributed by atoms with Crippen LogP contribution in [0.4, 0.5) is 0 Å². The van der Waals surface area contributed by atoms with Gasteiger partial charge in [-0.1, -0.05) is 36.4 Å². The summed E-state index contributed by atoms with van der Waals surface area (Å²) in [5, 5.41) is 4.73. The third-order valence-electron chi connectivity index (χ3n) is 4.63. The minimum absolute atomic E-state index is 0.0378. The molecule has 1 aliphatic rings. The Labute approximate surface area is 159 Å². The van der Waals surface area contributed by atoms with Gasteiger partial charge >= 0.3 is 0 Å². The number of piperidine rings is 1. The molecule has 0 spiro atoms. The minimum Gasteiger partial charge on any atom is -0.356 e. The van der Waals surface area contributed by atoms with Gasteiger partial charge in [-0.15, -0.1) is 11.3 Å². The zero-order chi connectivity index (χ0) is 18.4. The van der Waals surface area contributed by atoms with Gasteiger partial charge in [0.25, 0.3) is 10.0 Å². The number of thiophene rings is 1. The van der Waals surface area contributed by atoms with Crippen molar-refractivity contribution in [3.05, 3.63) is 53.4 Å². The van der Waals surface area contributed by atoms with Crippen molar-refractivity contribution in [2.24, 2.45) is 5.92 Å². The zero-order valence-electron chi connectivity index (χ0n) is 14.6. The Hall–Kier alpha value is -1.70. The van der Waals surface area contributed by atoms with Gasteiger partial charge in [0.15, 0.2) is 0 Å². The summed E-state index contributed by atoms with van der Waals surface area (Å²) >= 11 is 1.22. The first-order valence-electron chi connectivity index (χ1n) is 8.92. The summed E-state index contributed by atoms with van der Waals surface area (Å²) in [6, 6.07) is 13.5. The molecule has 5 nitrogen and oxygen atoms in total. The van der Waals surface area contributed by atoms with Crippen LogP contribution >= 0.6 is 11.3 Å². The van der Waals surface area contributed by atoms with Crippen LogP contribution in [0.5, 0.6) is 0 Å². The summed E-state index contributed by atoms with van der Waals surface area (Å²) in [6.07, 6.45) is 3.25. The zero-order valence-corrected chi connectivity index (χ0v) is 16.3. The highest BCUT2D eigenvalue weighted by molar-refractivity contribution is 7.91. The van der Waals surface area contributed by atoms with Crippen LogP contribution in [0.1, 0.15) is 24.8 Å². The number of carbonyl (C=O) groups is 1. The molecule has 1 aliphatic heterocycles. The molecule has 7 heteroatoms. The number of rotatable bonds is 7.